The number of fused-ring (bicyclic) bond motifs is 1. The standard InChI is InChI=1S/C23H30N4O2S/c1-26-18(9-10-21(28)24-14-17-6-3-2-4-7-17)15-25-23(29)22-20(26)11-12-27(22)16-19-8-5-13-30-19/h2-8,13,18,20,22H,9-12,14-16H2,1H3,(H,24,28)(H,25,29)/t18-,20-,22-/m0/s1. The number of carbonyl (C=O) groups excluding carboxylic acids is 2. The summed E-state index contributed by atoms with van der Waals surface area (Å²) in [6, 6.07) is 14.4. The van der Waals surface area contributed by atoms with Crippen molar-refractivity contribution in [2.45, 2.75) is 50.5 Å². The zero-order chi connectivity index (χ0) is 20.9. The molecular formula is C23H30N4O2S. The van der Waals surface area contributed by atoms with E-state index in [-0.39, 0.29) is 29.9 Å². The van der Waals surface area contributed by atoms with Crippen LogP contribution in [0.15, 0.2) is 47.8 Å². The summed E-state index contributed by atoms with van der Waals surface area (Å²) in [5.74, 6) is 0.182. The summed E-state index contributed by atoms with van der Waals surface area (Å²) in [5, 5.41) is 8.23. The molecule has 2 aliphatic heterocycles. The van der Waals surface area contributed by atoms with Crippen LogP contribution in [0, 0.1) is 0 Å². The normalized spacial score (nSPS) is 24.8. The van der Waals surface area contributed by atoms with E-state index in [0.29, 0.717) is 19.5 Å². The molecule has 2 aromatic rings. The number of rotatable bonds is 7. The third-order valence-corrected chi connectivity index (χ3v) is 7.19. The molecule has 2 fully saturated rings. The molecule has 1 aromatic heterocycles. The quantitative estimate of drug-likeness (QED) is 0.713. The second-order valence-electron chi connectivity index (χ2n) is 8.22. The molecule has 3 atom stereocenters. The van der Waals surface area contributed by atoms with Crippen molar-refractivity contribution in [2.24, 2.45) is 0 Å². The zero-order valence-corrected chi connectivity index (χ0v) is 18.2. The van der Waals surface area contributed by atoms with E-state index in [4.69, 9.17) is 0 Å². The summed E-state index contributed by atoms with van der Waals surface area (Å²) < 4.78 is 0. The Kier molecular flexibility index (Phi) is 6.82. The number of nitrogens with zero attached hydrogens (tertiary/aromatic N) is 2. The van der Waals surface area contributed by atoms with Gasteiger partial charge >= 0.3 is 0 Å². The number of likely N-dealkylation sites (tertiary alicyclic amines) is 1. The average Bonchev–Trinajstić information content (AvgIpc) is 3.40. The van der Waals surface area contributed by atoms with Crippen LogP contribution < -0.4 is 10.6 Å². The van der Waals surface area contributed by atoms with Gasteiger partial charge in [0.2, 0.25) is 11.8 Å². The minimum atomic E-state index is -0.117. The van der Waals surface area contributed by atoms with E-state index in [1.165, 1.54) is 4.88 Å². The van der Waals surface area contributed by atoms with E-state index in [2.05, 4.69) is 45.0 Å². The third-order valence-electron chi connectivity index (χ3n) is 6.33. The Balaban J connectivity index is 1.31. The minimum absolute atomic E-state index is 0.0603. The second kappa shape index (κ2) is 9.73. The van der Waals surface area contributed by atoms with Crippen molar-refractivity contribution in [3.63, 3.8) is 0 Å². The van der Waals surface area contributed by atoms with Crippen LogP contribution in [-0.4, -0.2) is 59.9 Å². The molecule has 1 aromatic carbocycles. The first-order valence-electron chi connectivity index (χ1n) is 10.7. The lowest BCUT2D eigenvalue weighted by molar-refractivity contribution is -0.126. The van der Waals surface area contributed by atoms with E-state index in [1.807, 2.05) is 30.3 Å². The highest BCUT2D eigenvalue weighted by Crippen LogP contribution is 2.29. The van der Waals surface area contributed by atoms with Crippen molar-refractivity contribution in [1.82, 2.24) is 20.4 Å². The maximum absolute atomic E-state index is 12.9. The van der Waals surface area contributed by atoms with Gasteiger partial charge in [-0.2, -0.15) is 0 Å². The molecule has 160 valence electrons. The highest BCUT2D eigenvalue weighted by molar-refractivity contribution is 7.09. The molecule has 2 amide bonds. The van der Waals surface area contributed by atoms with E-state index >= 15 is 0 Å². The van der Waals surface area contributed by atoms with Gasteiger partial charge in [0, 0.05) is 49.6 Å². The van der Waals surface area contributed by atoms with Crippen molar-refractivity contribution in [2.75, 3.05) is 20.1 Å². The fraction of sp³-hybridized carbons (Fsp3) is 0.478. The van der Waals surface area contributed by atoms with Crippen LogP contribution in [0.2, 0.25) is 0 Å². The lowest BCUT2D eigenvalue weighted by Crippen LogP contribution is -2.49. The topological polar surface area (TPSA) is 64.7 Å². The molecule has 0 bridgehead atoms. The molecule has 6 nitrogen and oxygen atoms in total. The number of amides is 2. The third kappa shape index (κ3) is 4.91. The highest BCUT2D eigenvalue weighted by atomic mass is 32.1. The minimum Gasteiger partial charge on any atom is -0.353 e. The molecule has 2 N–H and O–H groups in total. The van der Waals surface area contributed by atoms with Crippen LogP contribution in [0.1, 0.15) is 29.7 Å². The summed E-state index contributed by atoms with van der Waals surface area (Å²) in [6.07, 6.45) is 2.19. The molecule has 3 heterocycles. The van der Waals surface area contributed by atoms with Gasteiger partial charge < -0.3 is 10.6 Å². The number of carbonyl (C=O) groups is 2. The van der Waals surface area contributed by atoms with Crippen LogP contribution in [0.3, 0.4) is 0 Å². The zero-order valence-electron chi connectivity index (χ0n) is 17.4. The number of hydrogen-bond donors (Lipinski definition) is 2. The van der Waals surface area contributed by atoms with Gasteiger partial charge in [-0.25, -0.2) is 0 Å². The van der Waals surface area contributed by atoms with Gasteiger partial charge in [-0.05, 0) is 36.9 Å². The Labute approximate surface area is 182 Å². The van der Waals surface area contributed by atoms with Crippen molar-refractivity contribution in [3.8, 4) is 0 Å². The summed E-state index contributed by atoms with van der Waals surface area (Å²) in [7, 11) is 2.11. The number of benzene rings is 1. The Hall–Kier alpha value is -2.22. The lowest BCUT2D eigenvalue weighted by Gasteiger charge is -2.33. The Morgan fingerprint density at radius 1 is 1.23 bits per heavy atom. The monoisotopic (exact) mass is 426 g/mol. The van der Waals surface area contributed by atoms with E-state index in [0.717, 1.165) is 31.5 Å². The van der Waals surface area contributed by atoms with Gasteiger partial charge in [-0.15, -0.1) is 11.3 Å². The molecule has 0 saturated carbocycles. The van der Waals surface area contributed by atoms with E-state index < -0.39 is 0 Å². The maximum atomic E-state index is 12.9. The summed E-state index contributed by atoms with van der Waals surface area (Å²) in [5.41, 5.74) is 1.10. The van der Waals surface area contributed by atoms with Crippen molar-refractivity contribution in [1.29, 1.82) is 0 Å². The molecule has 7 heteroatoms. The van der Waals surface area contributed by atoms with E-state index in [9.17, 15) is 9.59 Å². The van der Waals surface area contributed by atoms with Crippen LogP contribution in [0.25, 0.3) is 0 Å². The lowest BCUT2D eigenvalue weighted by atomic mass is 10.0. The fourth-order valence-corrected chi connectivity index (χ4v) is 5.34. The molecule has 0 radical (unpaired) electrons. The summed E-state index contributed by atoms with van der Waals surface area (Å²) in [6.45, 7) is 2.91. The molecular weight excluding hydrogens is 396 g/mol. The number of likely N-dealkylation sites (N-methyl/N-ethyl adjacent to an activating group) is 1. The van der Waals surface area contributed by atoms with Crippen molar-refractivity contribution in [3.05, 3.63) is 58.3 Å². The first-order valence-corrected chi connectivity index (χ1v) is 11.6. The fourth-order valence-electron chi connectivity index (χ4n) is 4.61. The SMILES string of the molecule is CN1[C@@H](CCC(=O)NCc2ccccc2)CNC(=O)[C@@H]2[C@@H]1CCN2Cc1cccs1. The second-order valence-corrected chi connectivity index (χ2v) is 9.25. The van der Waals surface area contributed by atoms with E-state index in [1.54, 1.807) is 11.3 Å². The van der Waals surface area contributed by atoms with Crippen molar-refractivity contribution >= 4 is 23.2 Å². The summed E-state index contributed by atoms with van der Waals surface area (Å²) in [4.78, 5) is 31.1. The maximum Gasteiger partial charge on any atom is 0.239 e. The number of nitrogens with one attached hydrogen (secondary N) is 2. The molecule has 0 aliphatic carbocycles. The van der Waals surface area contributed by atoms with Crippen molar-refractivity contribution < 1.29 is 9.59 Å². The highest BCUT2D eigenvalue weighted by Gasteiger charge is 2.44. The van der Waals surface area contributed by atoms with Gasteiger partial charge in [0.05, 0.1) is 0 Å². The smallest absolute Gasteiger partial charge is 0.239 e. The summed E-state index contributed by atoms with van der Waals surface area (Å²) >= 11 is 1.74. The van der Waals surface area contributed by atoms with Gasteiger partial charge in [-0.1, -0.05) is 36.4 Å². The van der Waals surface area contributed by atoms with Crippen LogP contribution in [0.5, 0.6) is 0 Å². The van der Waals surface area contributed by atoms with Gasteiger partial charge in [-0.3, -0.25) is 19.4 Å². The largest absolute Gasteiger partial charge is 0.353 e. The Morgan fingerprint density at radius 2 is 2.07 bits per heavy atom. The molecule has 0 spiro atoms. The number of thiophene rings is 1. The molecule has 2 saturated heterocycles. The predicted molar refractivity (Wildman–Crippen MR) is 119 cm³/mol. The average molecular weight is 427 g/mol. The molecule has 0 unspecified atom stereocenters. The van der Waals surface area contributed by atoms with Crippen LogP contribution in [0.4, 0.5) is 0 Å². The molecule has 4 rings (SSSR count). The van der Waals surface area contributed by atoms with Crippen LogP contribution >= 0.6 is 11.3 Å². The number of hydrogen-bond acceptors (Lipinski definition) is 5. The predicted octanol–water partition coefficient (Wildman–Crippen LogP) is 2.22. The van der Waals surface area contributed by atoms with Gasteiger partial charge in [0.15, 0.2) is 0 Å². The molecule has 2 aliphatic rings. The van der Waals surface area contributed by atoms with Gasteiger partial charge in [0.1, 0.15) is 6.04 Å². The first kappa shape index (κ1) is 21.0. The Bertz CT molecular complexity index is 842. The van der Waals surface area contributed by atoms with Crippen LogP contribution in [-0.2, 0) is 22.7 Å². The van der Waals surface area contributed by atoms with Gasteiger partial charge in [0.25, 0.3) is 0 Å². The first-order chi connectivity index (χ1) is 14.6. The molecule has 30 heavy (non-hydrogen) atoms. The Morgan fingerprint density at radius 3 is 2.83 bits per heavy atom.